The molecular weight excluding hydrogens is 300 g/mol. The summed E-state index contributed by atoms with van der Waals surface area (Å²) in [5, 5.41) is 3.23. The molecule has 0 aromatic rings. The highest BCUT2D eigenvalue weighted by atomic mass is 16.2. The van der Waals surface area contributed by atoms with Crippen molar-refractivity contribution in [3.63, 3.8) is 0 Å². The molecule has 3 rings (SSSR count). The van der Waals surface area contributed by atoms with Crippen molar-refractivity contribution >= 4 is 11.8 Å². The third kappa shape index (κ3) is 4.97. The van der Waals surface area contributed by atoms with Crippen molar-refractivity contribution in [2.75, 3.05) is 13.1 Å². The van der Waals surface area contributed by atoms with Crippen molar-refractivity contribution in [2.24, 2.45) is 11.8 Å². The number of likely N-dealkylation sites (tertiary alicyclic amines) is 1. The van der Waals surface area contributed by atoms with Gasteiger partial charge in [0.05, 0.1) is 0 Å². The third-order valence-corrected chi connectivity index (χ3v) is 6.32. The molecule has 1 heterocycles. The van der Waals surface area contributed by atoms with Crippen LogP contribution >= 0.6 is 0 Å². The van der Waals surface area contributed by atoms with Gasteiger partial charge in [0.15, 0.2) is 0 Å². The zero-order valence-electron chi connectivity index (χ0n) is 15.1. The first-order valence-corrected chi connectivity index (χ1v) is 10.3. The van der Waals surface area contributed by atoms with Crippen LogP contribution in [0.2, 0.25) is 0 Å². The van der Waals surface area contributed by atoms with Crippen LogP contribution in [0.15, 0.2) is 0 Å². The molecule has 1 N–H and O–H groups in total. The van der Waals surface area contributed by atoms with Crippen LogP contribution in [0.25, 0.3) is 0 Å². The van der Waals surface area contributed by atoms with E-state index in [2.05, 4.69) is 10.2 Å². The van der Waals surface area contributed by atoms with Crippen molar-refractivity contribution in [2.45, 2.75) is 89.5 Å². The van der Waals surface area contributed by atoms with E-state index in [9.17, 15) is 9.59 Å². The van der Waals surface area contributed by atoms with Crippen LogP contribution in [-0.2, 0) is 9.59 Å². The van der Waals surface area contributed by atoms with Crippen LogP contribution in [0.1, 0.15) is 83.5 Å². The van der Waals surface area contributed by atoms with E-state index in [0.29, 0.717) is 24.3 Å². The number of hydrogen-bond donors (Lipinski definition) is 1. The van der Waals surface area contributed by atoms with Gasteiger partial charge < -0.3 is 10.2 Å². The summed E-state index contributed by atoms with van der Waals surface area (Å²) < 4.78 is 0. The summed E-state index contributed by atoms with van der Waals surface area (Å²) in [7, 11) is 0. The smallest absolute Gasteiger partial charge is 0.225 e. The van der Waals surface area contributed by atoms with Gasteiger partial charge >= 0.3 is 0 Å². The quantitative estimate of drug-likeness (QED) is 0.853. The van der Waals surface area contributed by atoms with E-state index >= 15 is 0 Å². The van der Waals surface area contributed by atoms with Crippen molar-refractivity contribution < 1.29 is 9.59 Å². The molecule has 0 radical (unpaired) electrons. The van der Waals surface area contributed by atoms with E-state index in [4.69, 9.17) is 0 Å². The fraction of sp³-hybridized carbons (Fsp3) is 0.900. The average molecular weight is 335 g/mol. The van der Waals surface area contributed by atoms with Crippen molar-refractivity contribution in [3.05, 3.63) is 0 Å². The van der Waals surface area contributed by atoms with Gasteiger partial charge in [0, 0.05) is 31.5 Å². The molecule has 2 saturated carbocycles. The van der Waals surface area contributed by atoms with E-state index in [-0.39, 0.29) is 11.8 Å². The van der Waals surface area contributed by atoms with Crippen LogP contribution in [0.5, 0.6) is 0 Å². The summed E-state index contributed by atoms with van der Waals surface area (Å²) in [6.07, 6.45) is 14.7. The second kappa shape index (κ2) is 8.87. The zero-order valence-corrected chi connectivity index (χ0v) is 15.1. The van der Waals surface area contributed by atoms with Crippen LogP contribution in [0, 0.1) is 11.8 Å². The Labute approximate surface area is 146 Å². The van der Waals surface area contributed by atoms with E-state index in [0.717, 1.165) is 51.6 Å². The first-order chi connectivity index (χ1) is 11.7. The molecular formula is C20H34N2O2. The molecule has 4 nitrogen and oxygen atoms in total. The highest BCUT2D eigenvalue weighted by Gasteiger charge is 2.30. The second-order valence-corrected chi connectivity index (χ2v) is 8.21. The summed E-state index contributed by atoms with van der Waals surface area (Å²) in [5.41, 5.74) is 0. The average Bonchev–Trinajstić information content (AvgIpc) is 2.63. The Kier molecular flexibility index (Phi) is 6.56. The lowest BCUT2D eigenvalue weighted by Gasteiger charge is -2.35. The minimum Gasteiger partial charge on any atom is -0.353 e. The molecule has 24 heavy (non-hydrogen) atoms. The molecule has 136 valence electrons. The van der Waals surface area contributed by atoms with Gasteiger partial charge in [-0.2, -0.15) is 0 Å². The Morgan fingerprint density at radius 1 is 0.792 bits per heavy atom. The normalized spacial score (nSPS) is 24.8. The molecule has 2 amide bonds. The lowest BCUT2D eigenvalue weighted by atomic mass is 9.86. The third-order valence-electron chi connectivity index (χ3n) is 6.32. The van der Waals surface area contributed by atoms with Crippen LogP contribution < -0.4 is 5.32 Å². The van der Waals surface area contributed by atoms with E-state index in [1.807, 2.05) is 0 Å². The van der Waals surface area contributed by atoms with Gasteiger partial charge in [-0.25, -0.2) is 0 Å². The first-order valence-electron chi connectivity index (χ1n) is 10.3. The molecule has 0 unspecified atom stereocenters. The van der Waals surface area contributed by atoms with Gasteiger partial charge in [0.25, 0.3) is 0 Å². The molecule has 1 aliphatic heterocycles. The van der Waals surface area contributed by atoms with Crippen molar-refractivity contribution in [3.8, 4) is 0 Å². The number of piperidine rings is 1. The van der Waals surface area contributed by atoms with Gasteiger partial charge in [0.2, 0.25) is 11.8 Å². The minimum absolute atomic E-state index is 0.235. The lowest BCUT2D eigenvalue weighted by Crippen LogP contribution is -2.43. The van der Waals surface area contributed by atoms with Gasteiger partial charge in [-0.05, 0) is 44.4 Å². The summed E-state index contributed by atoms with van der Waals surface area (Å²) in [4.78, 5) is 26.9. The van der Waals surface area contributed by atoms with E-state index < -0.39 is 0 Å². The molecule has 3 fully saturated rings. The second-order valence-electron chi connectivity index (χ2n) is 8.21. The predicted molar refractivity (Wildman–Crippen MR) is 95.5 cm³/mol. The minimum atomic E-state index is 0.235. The zero-order chi connectivity index (χ0) is 16.8. The number of carbonyl (C=O) groups excluding carboxylic acids is 2. The van der Waals surface area contributed by atoms with Gasteiger partial charge in [-0.15, -0.1) is 0 Å². The largest absolute Gasteiger partial charge is 0.353 e. The highest BCUT2D eigenvalue weighted by Crippen LogP contribution is 2.28. The maximum Gasteiger partial charge on any atom is 0.225 e. The van der Waals surface area contributed by atoms with Crippen LogP contribution in [0.4, 0.5) is 0 Å². The van der Waals surface area contributed by atoms with Gasteiger partial charge in [-0.3, -0.25) is 9.59 Å². The van der Waals surface area contributed by atoms with Crippen molar-refractivity contribution in [1.29, 1.82) is 0 Å². The summed E-state index contributed by atoms with van der Waals surface area (Å²) in [6, 6.07) is 0.416. The Morgan fingerprint density at radius 3 is 2.00 bits per heavy atom. The SMILES string of the molecule is O=C(CC1CCN(C(=O)C2CCCCC2)CC1)NC1CCCCC1. The molecule has 4 heteroatoms. The summed E-state index contributed by atoms with van der Waals surface area (Å²) >= 11 is 0. The maximum atomic E-state index is 12.6. The lowest BCUT2D eigenvalue weighted by molar-refractivity contribution is -0.138. The maximum absolute atomic E-state index is 12.6. The standard InChI is InChI=1S/C20H34N2O2/c23-19(21-18-9-5-2-6-10-18)15-16-11-13-22(14-12-16)20(24)17-7-3-1-4-8-17/h16-18H,1-15H2,(H,21,23). The number of nitrogens with zero attached hydrogens (tertiary/aromatic N) is 1. The Bertz CT molecular complexity index is 417. The Balaban J connectivity index is 1.36. The molecule has 0 aromatic carbocycles. The van der Waals surface area contributed by atoms with Gasteiger partial charge in [0.1, 0.15) is 0 Å². The number of carbonyl (C=O) groups is 2. The van der Waals surface area contributed by atoms with Crippen LogP contribution in [-0.4, -0.2) is 35.8 Å². The molecule has 1 saturated heterocycles. The van der Waals surface area contributed by atoms with Crippen molar-refractivity contribution in [1.82, 2.24) is 10.2 Å². The number of nitrogens with one attached hydrogen (secondary N) is 1. The number of hydrogen-bond acceptors (Lipinski definition) is 2. The number of rotatable bonds is 4. The molecule has 0 bridgehead atoms. The van der Waals surface area contributed by atoms with Gasteiger partial charge in [-0.1, -0.05) is 38.5 Å². The predicted octanol–water partition coefficient (Wildman–Crippen LogP) is 3.64. The highest BCUT2D eigenvalue weighted by molar-refractivity contribution is 5.79. The van der Waals surface area contributed by atoms with E-state index in [1.165, 1.54) is 38.5 Å². The summed E-state index contributed by atoms with van der Waals surface area (Å²) in [6.45, 7) is 1.72. The topological polar surface area (TPSA) is 49.4 Å². The van der Waals surface area contributed by atoms with Crippen LogP contribution in [0.3, 0.4) is 0 Å². The fourth-order valence-corrected chi connectivity index (χ4v) is 4.76. The Hall–Kier alpha value is -1.06. The van der Waals surface area contributed by atoms with E-state index in [1.54, 1.807) is 0 Å². The fourth-order valence-electron chi connectivity index (χ4n) is 4.76. The molecule has 3 aliphatic rings. The molecule has 0 atom stereocenters. The molecule has 0 spiro atoms. The Morgan fingerprint density at radius 2 is 1.38 bits per heavy atom. The first kappa shape index (κ1) is 17.8. The number of amides is 2. The molecule has 0 aromatic heterocycles. The monoisotopic (exact) mass is 334 g/mol. The summed E-state index contributed by atoms with van der Waals surface area (Å²) in [5.74, 6) is 1.37. The molecule has 2 aliphatic carbocycles.